The number of nitrogens with zero attached hydrogens (tertiary/aromatic N) is 6. The minimum absolute atomic E-state index is 0.0632. The van der Waals surface area contributed by atoms with Crippen LogP contribution in [0, 0.1) is 0 Å². The molecular formula is C17H18N8O2. The summed E-state index contributed by atoms with van der Waals surface area (Å²) in [7, 11) is 0. The lowest BCUT2D eigenvalue weighted by atomic mass is 10.2. The second kappa shape index (κ2) is 8.52. The first-order valence-corrected chi connectivity index (χ1v) is 8.28. The van der Waals surface area contributed by atoms with Crippen LogP contribution in [0.4, 0.5) is 5.82 Å². The van der Waals surface area contributed by atoms with E-state index < -0.39 is 5.91 Å². The number of carbonyl (C=O) groups excluding carboxylic acids is 1. The van der Waals surface area contributed by atoms with Crippen LogP contribution in [0.2, 0.25) is 0 Å². The lowest BCUT2D eigenvalue weighted by Crippen LogP contribution is -2.20. The van der Waals surface area contributed by atoms with Crippen molar-refractivity contribution < 1.29 is 9.42 Å². The molecule has 1 aromatic carbocycles. The standard InChI is InChI=1S/C17H18N8O2/c1-2-7-13-14(20-24-25(13)16-15(18)22-27-23-16)17(26)21-19-11-6-10-12-8-4-3-5-9-12/h3-6,8-11H,2,7H2,1H3,(H2,18,22)(H,21,26)/b10-6+,19-11+. The maximum Gasteiger partial charge on any atom is 0.293 e. The number of allylic oxidation sites excluding steroid dienone is 1. The van der Waals surface area contributed by atoms with Gasteiger partial charge in [0.15, 0.2) is 5.69 Å². The Morgan fingerprint density at radius 1 is 1.33 bits per heavy atom. The van der Waals surface area contributed by atoms with Crippen molar-refractivity contribution in [3.05, 3.63) is 53.4 Å². The van der Waals surface area contributed by atoms with Gasteiger partial charge in [0, 0.05) is 6.21 Å². The molecule has 1 amide bonds. The van der Waals surface area contributed by atoms with Gasteiger partial charge in [0.25, 0.3) is 5.91 Å². The second-order valence-electron chi connectivity index (χ2n) is 5.51. The first-order chi connectivity index (χ1) is 13.2. The minimum atomic E-state index is -0.482. The molecule has 3 N–H and O–H groups in total. The molecule has 0 saturated carbocycles. The van der Waals surface area contributed by atoms with Crippen LogP contribution in [0.5, 0.6) is 0 Å². The maximum absolute atomic E-state index is 12.4. The van der Waals surface area contributed by atoms with Gasteiger partial charge in [-0.15, -0.1) is 5.10 Å². The largest absolute Gasteiger partial charge is 0.378 e. The molecule has 10 nitrogen and oxygen atoms in total. The van der Waals surface area contributed by atoms with Crippen molar-refractivity contribution in [2.75, 3.05) is 5.73 Å². The van der Waals surface area contributed by atoms with Crippen molar-refractivity contribution in [1.82, 2.24) is 30.7 Å². The molecule has 10 heteroatoms. The van der Waals surface area contributed by atoms with Gasteiger partial charge in [-0.25, -0.2) is 10.1 Å². The molecule has 0 atom stereocenters. The van der Waals surface area contributed by atoms with E-state index in [1.165, 1.54) is 10.9 Å². The highest BCUT2D eigenvalue weighted by Gasteiger charge is 2.22. The van der Waals surface area contributed by atoms with Crippen LogP contribution in [-0.2, 0) is 6.42 Å². The van der Waals surface area contributed by atoms with Gasteiger partial charge in [-0.1, -0.05) is 55.0 Å². The van der Waals surface area contributed by atoms with Gasteiger partial charge >= 0.3 is 0 Å². The van der Waals surface area contributed by atoms with E-state index in [9.17, 15) is 4.79 Å². The minimum Gasteiger partial charge on any atom is -0.378 e. The highest BCUT2D eigenvalue weighted by atomic mass is 16.6. The van der Waals surface area contributed by atoms with Crippen molar-refractivity contribution in [3.8, 4) is 5.82 Å². The highest BCUT2D eigenvalue weighted by molar-refractivity contribution is 5.94. The van der Waals surface area contributed by atoms with Crippen LogP contribution in [0.25, 0.3) is 11.9 Å². The molecule has 0 bridgehead atoms. The summed E-state index contributed by atoms with van der Waals surface area (Å²) in [6.07, 6.45) is 6.38. The SMILES string of the molecule is CCCc1c(C(=O)N/N=C/C=C/c2ccccc2)nnn1-c1nonc1N. The van der Waals surface area contributed by atoms with E-state index in [1.807, 2.05) is 43.3 Å². The molecule has 3 aromatic rings. The normalized spacial score (nSPS) is 11.4. The lowest BCUT2D eigenvalue weighted by Gasteiger charge is -2.03. The summed E-state index contributed by atoms with van der Waals surface area (Å²) < 4.78 is 5.94. The Balaban J connectivity index is 1.71. The first-order valence-electron chi connectivity index (χ1n) is 8.28. The van der Waals surface area contributed by atoms with E-state index >= 15 is 0 Å². The van der Waals surface area contributed by atoms with Gasteiger partial charge in [-0.3, -0.25) is 4.79 Å². The average Bonchev–Trinajstić information content (AvgIpc) is 3.28. The van der Waals surface area contributed by atoms with E-state index in [0.29, 0.717) is 12.1 Å². The molecule has 0 aliphatic heterocycles. The summed E-state index contributed by atoms with van der Waals surface area (Å²) >= 11 is 0. The quantitative estimate of drug-likeness (QED) is 0.478. The molecule has 0 radical (unpaired) electrons. The van der Waals surface area contributed by atoms with Crippen LogP contribution >= 0.6 is 0 Å². The van der Waals surface area contributed by atoms with Crippen molar-refractivity contribution in [2.45, 2.75) is 19.8 Å². The van der Waals surface area contributed by atoms with Crippen molar-refractivity contribution in [1.29, 1.82) is 0 Å². The van der Waals surface area contributed by atoms with Gasteiger partial charge in [-0.2, -0.15) is 9.78 Å². The average molecular weight is 366 g/mol. The number of hydrazone groups is 1. The molecule has 2 heterocycles. The summed E-state index contributed by atoms with van der Waals surface area (Å²) in [6, 6.07) is 9.74. The Kier molecular flexibility index (Phi) is 5.67. The van der Waals surface area contributed by atoms with Crippen molar-refractivity contribution in [3.63, 3.8) is 0 Å². The molecule has 138 valence electrons. The maximum atomic E-state index is 12.4. The summed E-state index contributed by atoms with van der Waals surface area (Å²) in [5.41, 5.74) is 9.85. The molecule has 0 spiro atoms. The molecule has 27 heavy (non-hydrogen) atoms. The van der Waals surface area contributed by atoms with Crippen LogP contribution < -0.4 is 11.2 Å². The molecule has 0 fully saturated rings. The number of aromatic nitrogens is 5. The Morgan fingerprint density at radius 2 is 2.15 bits per heavy atom. The monoisotopic (exact) mass is 366 g/mol. The third kappa shape index (κ3) is 4.24. The van der Waals surface area contributed by atoms with E-state index in [1.54, 1.807) is 6.08 Å². The summed E-state index contributed by atoms with van der Waals surface area (Å²) in [5, 5.41) is 19.0. The van der Waals surface area contributed by atoms with Crippen LogP contribution in [-0.4, -0.2) is 37.4 Å². The predicted molar refractivity (Wildman–Crippen MR) is 99.1 cm³/mol. The molecular weight excluding hydrogens is 348 g/mol. The Labute approximate surface area is 154 Å². The van der Waals surface area contributed by atoms with E-state index in [-0.39, 0.29) is 17.3 Å². The molecule has 2 aromatic heterocycles. The number of hydrogen-bond donors (Lipinski definition) is 2. The fourth-order valence-corrected chi connectivity index (χ4v) is 2.36. The summed E-state index contributed by atoms with van der Waals surface area (Å²) in [6.45, 7) is 1.97. The van der Waals surface area contributed by atoms with Gasteiger partial charge in [0.2, 0.25) is 11.6 Å². The third-order valence-electron chi connectivity index (χ3n) is 3.58. The number of nitrogens with one attached hydrogen (secondary N) is 1. The number of carbonyl (C=O) groups is 1. The topological polar surface area (TPSA) is 137 Å². The number of nitrogens with two attached hydrogens (primary N) is 1. The zero-order valence-corrected chi connectivity index (χ0v) is 14.6. The van der Waals surface area contributed by atoms with E-state index in [4.69, 9.17) is 5.73 Å². The van der Waals surface area contributed by atoms with Gasteiger partial charge in [-0.05, 0) is 28.4 Å². The zero-order valence-electron chi connectivity index (χ0n) is 14.6. The molecule has 0 aliphatic rings. The fraction of sp³-hybridized carbons (Fsp3) is 0.176. The summed E-state index contributed by atoms with van der Waals surface area (Å²) in [5.74, 6) is -0.225. The molecule has 3 rings (SSSR count). The van der Waals surface area contributed by atoms with Crippen LogP contribution in [0.3, 0.4) is 0 Å². The molecule has 0 saturated heterocycles. The summed E-state index contributed by atoms with van der Waals surface area (Å²) in [4.78, 5) is 12.4. The fourth-order valence-electron chi connectivity index (χ4n) is 2.36. The predicted octanol–water partition coefficient (Wildman–Crippen LogP) is 1.61. The van der Waals surface area contributed by atoms with Crippen molar-refractivity contribution in [2.24, 2.45) is 5.10 Å². The Bertz CT molecular complexity index is 958. The van der Waals surface area contributed by atoms with Crippen molar-refractivity contribution >= 4 is 24.0 Å². The zero-order chi connectivity index (χ0) is 19.1. The smallest absolute Gasteiger partial charge is 0.293 e. The Hall–Kier alpha value is -3.82. The number of nitrogen functional groups attached to an aromatic ring is 1. The number of anilines is 1. The first kappa shape index (κ1) is 18.0. The van der Waals surface area contributed by atoms with Gasteiger partial charge < -0.3 is 5.73 Å². The van der Waals surface area contributed by atoms with E-state index in [2.05, 4.69) is 35.8 Å². The molecule has 0 unspecified atom stereocenters. The third-order valence-corrected chi connectivity index (χ3v) is 3.58. The number of benzene rings is 1. The Morgan fingerprint density at radius 3 is 2.85 bits per heavy atom. The van der Waals surface area contributed by atoms with E-state index in [0.717, 1.165) is 12.0 Å². The molecule has 0 aliphatic carbocycles. The van der Waals surface area contributed by atoms with Crippen LogP contribution in [0.1, 0.15) is 35.1 Å². The number of hydrogen-bond acceptors (Lipinski definition) is 8. The number of amides is 1. The number of rotatable bonds is 7. The van der Waals surface area contributed by atoms with Gasteiger partial charge in [0.1, 0.15) is 0 Å². The van der Waals surface area contributed by atoms with Crippen LogP contribution in [0.15, 0.2) is 46.1 Å². The lowest BCUT2D eigenvalue weighted by molar-refractivity contribution is 0.0949. The second-order valence-corrected chi connectivity index (χ2v) is 5.51. The highest BCUT2D eigenvalue weighted by Crippen LogP contribution is 2.17. The van der Waals surface area contributed by atoms with Gasteiger partial charge in [0.05, 0.1) is 5.69 Å².